The molecular formula is C21H20ClN5O5S. The summed E-state index contributed by atoms with van der Waals surface area (Å²) in [5.41, 5.74) is 0.231. The molecule has 10 nitrogen and oxygen atoms in total. The Hall–Kier alpha value is -3.31. The lowest BCUT2D eigenvalue weighted by molar-refractivity contribution is -0.384. The molecule has 172 valence electrons. The number of nitro benzene ring substituents is 1. The van der Waals surface area contributed by atoms with E-state index in [1.54, 1.807) is 12.1 Å². The molecule has 1 aliphatic rings. The largest absolute Gasteiger partial charge is 0.494 e. The quantitative estimate of drug-likeness (QED) is 0.251. The first-order valence-corrected chi connectivity index (χ1v) is 11.4. The van der Waals surface area contributed by atoms with Crippen LogP contribution >= 0.6 is 23.4 Å². The van der Waals surface area contributed by atoms with Gasteiger partial charge in [0.05, 0.1) is 34.6 Å². The van der Waals surface area contributed by atoms with Crippen molar-refractivity contribution in [2.75, 3.05) is 18.2 Å². The molecule has 1 N–H and O–H groups in total. The summed E-state index contributed by atoms with van der Waals surface area (Å²) >= 11 is 7.41. The van der Waals surface area contributed by atoms with E-state index < -0.39 is 4.92 Å². The van der Waals surface area contributed by atoms with Gasteiger partial charge in [-0.1, -0.05) is 35.5 Å². The van der Waals surface area contributed by atoms with Gasteiger partial charge in [-0.2, -0.15) is 0 Å². The smallest absolute Gasteiger partial charge is 0.273 e. The third-order valence-corrected chi connectivity index (χ3v) is 6.10. The number of anilines is 1. The summed E-state index contributed by atoms with van der Waals surface area (Å²) in [5, 5.41) is 23.3. The topological polar surface area (TPSA) is 121 Å². The number of halogens is 1. The number of aromatic nitrogens is 3. The average Bonchev–Trinajstić information content (AvgIpc) is 3.57. The fourth-order valence-electron chi connectivity index (χ4n) is 3.12. The molecule has 1 aromatic heterocycles. The average molecular weight is 490 g/mol. The van der Waals surface area contributed by atoms with E-state index in [0.29, 0.717) is 27.4 Å². The van der Waals surface area contributed by atoms with E-state index in [1.165, 1.54) is 37.1 Å². The Bertz CT molecular complexity index is 1180. The van der Waals surface area contributed by atoms with Crippen LogP contribution in [-0.4, -0.2) is 38.5 Å². The molecule has 0 aliphatic heterocycles. The summed E-state index contributed by atoms with van der Waals surface area (Å²) in [5.74, 6) is 1.22. The number of hydrogen-bond donors (Lipinski definition) is 1. The van der Waals surface area contributed by atoms with Crippen LogP contribution in [0.2, 0.25) is 5.02 Å². The molecule has 1 heterocycles. The molecule has 2 aromatic carbocycles. The molecule has 0 radical (unpaired) electrons. The first-order valence-electron chi connectivity index (χ1n) is 10.0. The number of nitrogens with one attached hydrogen (secondary N) is 1. The summed E-state index contributed by atoms with van der Waals surface area (Å²) in [6.45, 7) is 0.208. The van der Waals surface area contributed by atoms with Crippen LogP contribution in [0.5, 0.6) is 11.5 Å². The number of para-hydroxylation sites is 1. The molecule has 1 saturated carbocycles. The Morgan fingerprint density at radius 3 is 2.76 bits per heavy atom. The number of benzene rings is 2. The highest BCUT2D eigenvalue weighted by molar-refractivity contribution is 7.99. The molecule has 0 atom stereocenters. The second-order valence-electron chi connectivity index (χ2n) is 7.20. The molecule has 33 heavy (non-hydrogen) atoms. The van der Waals surface area contributed by atoms with Crippen molar-refractivity contribution in [3.05, 3.63) is 63.4 Å². The number of ether oxygens (including phenoxy) is 2. The molecular weight excluding hydrogens is 470 g/mol. The summed E-state index contributed by atoms with van der Waals surface area (Å²) in [4.78, 5) is 22.9. The number of non-ortho nitro benzene ring substituents is 1. The monoisotopic (exact) mass is 489 g/mol. The van der Waals surface area contributed by atoms with Crippen LogP contribution in [0.15, 0.2) is 47.6 Å². The lowest BCUT2D eigenvalue weighted by Gasteiger charge is -2.11. The second-order valence-corrected chi connectivity index (χ2v) is 8.55. The fourth-order valence-corrected chi connectivity index (χ4v) is 4.14. The number of amides is 1. The number of methoxy groups -OCH3 is 1. The van der Waals surface area contributed by atoms with Crippen molar-refractivity contribution in [3.63, 3.8) is 0 Å². The summed E-state index contributed by atoms with van der Waals surface area (Å²) in [7, 11) is 1.38. The molecule has 12 heteroatoms. The Morgan fingerprint density at radius 1 is 1.27 bits per heavy atom. The van der Waals surface area contributed by atoms with Crippen LogP contribution in [0.25, 0.3) is 0 Å². The predicted molar refractivity (Wildman–Crippen MR) is 123 cm³/mol. The summed E-state index contributed by atoms with van der Waals surface area (Å²) in [6, 6.07) is 11.5. The second kappa shape index (κ2) is 10.1. The highest BCUT2D eigenvalue weighted by Crippen LogP contribution is 2.39. The SMILES string of the molecule is COc1cc([N+](=O)[O-])ccc1NC(=O)CSc1nnc(COc2ccccc2Cl)n1C1CC1. The van der Waals surface area contributed by atoms with Gasteiger partial charge in [-0.15, -0.1) is 10.2 Å². The first kappa shape index (κ1) is 22.9. The maximum atomic E-state index is 12.5. The minimum atomic E-state index is -0.526. The lowest BCUT2D eigenvalue weighted by atomic mass is 10.2. The minimum absolute atomic E-state index is 0.0797. The zero-order chi connectivity index (χ0) is 23.4. The van der Waals surface area contributed by atoms with Crippen LogP contribution in [0.1, 0.15) is 24.7 Å². The van der Waals surface area contributed by atoms with Crippen molar-refractivity contribution in [3.8, 4) is 11.5 Å². The van der Waals surface area contributed by atoms with E-state index in [2.05, 4.69) is 15.5 Å². The summed E-state index contributed by atoms with van der Waals surface area (Å²) < 4.78 is 13.0. The van der Waals surface area contributed by atoms with Crippen LogP contribution < -0.4 is 14.8 Å². The van der Waals surface area contributed by atoms with Crippen LogP contribution in [-0.2, 0) is 11.4 Å². The Morgan fingerprint density at radius 2 is 2.06 bits per heavy atom. The highest BCUT2D eigenvalue weighted by atomic mass is 35.5. The predicted octanol–water partition coefficient (Wildman–Crippen LogP) is 4.49. The molecule has 1 amide bonds. The summed E-state index contributed by atoms with van der Waals surface area (Å²) in [6.07, 6.45) is 2.02. The van der Waals surface area contributed by atoms with E-state index >= 15 is 0 Å². The zero-order valence-corrected chi connectivity index (χ0v) is 19.1. The van der Waals surface area contributed by atoms with Crippen molar-refractivity contribution in [2.24, 2.45) is 0 Å². The standard InChI is InChI=1S/C21H20ClN5O5S/c1-31-18-10-14(27(29)30)8-9-16(18)23-20(28)12-33-21-25-24-19(26(21)13-6-7-13)11-32-17-5-3-2-4-15(17)22/h2-5,8-10,13H,6-7,11-12H2,1H3,(H,23,28). The van der Waals surface area contributed by atoms with Crippen molar-refractivity contribution in [2.45, 2.75) is 30.6 Å². The molecule has 1 fully saturated rings. The van der Waals surface area contributed by atoms with Gasteiger partial charge in [0.1, 0.15) is 18.1 Å². The van der Waals surface area contributed by atoms with Gasteiger partial charge in [0.25, 0.3) is 5.69 Å². The van der Waals surface area contributed by atoms with Gasteiger partial charge >= 0.3 is 0 Å². The third-order valence-electron chi connectivity index (χ3n) is 4.84. The van der Waals surface area contributed by atoms with Crippen LogP contribution in [0.4, 0.5) is 11.4 Å². The molecule has 1 aliphatic carbocycles. The van der Waals surface area contributed by atoms with Crippen molar-refractivity contribution in [1.29, 1.82) is 0 Å². The molecule has 0 unspecified atom stereocenters. The molecule has 3 aromatic rings. The highest BCUT2D eigenvalue weighted by Gasteiger charge is 2.30. The zero-order valence-electron chi connectivity index (χ0n) is 17.6. The Balaban J connectivity index is 1.40. The van der Waals surface area contributed by atoms with E-state index in [9.17, 15) is 14.9 Å². The Kier molecular flexibility index (Phi) is 6.99. The number of nitrogens with zero attached hydrogens (tertiary/aromatic N) is 4. The Labute approximate surface area is 198 Å². The maximum Gasteiger partial charge on any atom is 0.273 e. The number of carbonyl (C=O) groups excluding carboxylic acids is 1. The van der Waals surface area contributed by atoms with E-state index in [0.717, 1.165) is 12.8 Å². The maximum absolute atomic E-state index is 12.5. The van der Waals surface area contributed by atoms with Crippen molar-refractivity contribution >= 4 is 40.6 Å². The lowest BCUT2D eigenvalue weighted by Crippen LogP contribution is -2.15. The number of rotatable bonds is 10. The van der Waals surface area contributed by atoms with Crippen LogP contribution in [0, 0.1) is 10.1 Å². The van der Waals surface area contributed by atoms with Gasteiger partial charge in [-0.05, 0) is 31.0 Å². The van der Waals surface area contributed by atoms with Gasteiger partial charge in [0.2, 0.25) is 5.91 Å². The minimum Gasteiger partial charge on any atom is -0.494 e. The number of carbonyl (C=O) groups is 1. The van der Waals surface area contributed by atoms with Crippen molar-refractivity contribution < 1.29 is 19.2 Å². The number of nitro groups is 1. The number of hydrogen-bond acceptors (Lipinski definition) is 8. The van der Waals surface area contributed by atoms with E-state index in [4.69, 9.17) is 21.1 Å². The van der Waals surface area contributed by atoms with Crippen molar-refractivity contribution in [1.82, 2.24) is 14.8 Å². The van der Waals surface area contributed by atoms with Gasteiger partial charge in [0.15, 0.2) is 11.0 Å². The van der Waals surface area contributed by atoms with E-state index in [-0.39, 0.29) is 35.7 Å². The van der Waals surface area contributed by atoms with Gasteiger partial charge < -0.3 is 14.8 Å². The first-order chi connectivity index (χ1) is 16.0. The normalized spacial score (nSPS) is 12.9. The molecule has 4 rings (SSSR count). The molecule has 0 bridgehead atoms. The molecule has 0 saturated heterocycles. The van der Waals surface area contributed by atoms with Gasteiger partial charge in [-0.25, -0.2) is 0 Å². The van der Waals surface area contributed by atoms with Gasteiger partial charge in [-0.3, -0.25) is 19.5 Å². The van der Waals surface area contributed by atoms with E-state index in [1.807, 2.05) is 16.7 Å². The fraction of sp³-hybridized carbons (Fsp3) is 0.286. The third kappa shape index (κ3) is 5.55. The van der Waals surface area contributed by atoms with Gasteiger partial charge in [0, 0.05) is 12.1 Å². The van der Waals surface area contributed by atoms with Crippen LogP contribution in [0.3, 0.4) is 0 Å². The molecule has 0 spiro atoms. The number of thioether (sulfide) groups is 1.